The summed E-state index contributed by atoms with van der Waals surface area (Å²) in [6.07, 6.45) is 2.95. The van der Waals surface area contributed by atoms with E-state index in [1.165, 1.54) is 12.8 Å². The maximum Gasteiger partial charge on any atom is 0.138 e. The summed E-state index contributed by atoms with van der Waals surface area (Å²) in [5.74, 6) is 1.55. The van der Waals surface area contributed by atoms with E-state index < -0.39 is 0 Å². The van der Waals surface area contributed by atoms with Crippen LogP contribution in [0.2, 0.25) is 5.02 Å². The molecule has 1 aliphatic rings. The zero-order valence-corrected chi connectivity index (χ0v) is 10.1. The van der Waals surface area contributed by atoms with Gasteiger partial charge in [-0.15, -0.1) is 0 Å². The van der Waals surface area contributed by atoms with Crippen molar-refractivity contribution in [1.82, 2.24) is 0 Å². The molecule has 0 amide bonds. The molecule has 16 heavy (non-hydrogen) atoms. The van der Waals surface area contributed by atoms with E-state index in [0.717, 1.165) is 12.2 Å². The summed E-state index contributed by atoms with van der Waals surface area (Å²) in [7, 11) is 0. The lowest BCUT2D eigenvalue weighted by atomic mass is 10.1. The van der Waals surface area contributed by atoms with Gasteiger partial charge >= 0.3 is 0 Å². The minimum atomic E-state index is 0.149. The number of ketones is 1. The molecule has 1 fully saturated rings. The van der Waals surface area contributed by atoms with Gasteiger partial charge in [0.05, 0.1) is 11.6 Å². The Balaban J connectivity index is 2.04. The smallest absolute Gasteiger partial charge is 0.138 e. The fraction of sp³-hybridized carbons (Fsp3) is 0.462. The van der Waals surface area contributed by atoms with Crippen molar-refractivity contribution in [2.45, 2.75) is 26.2 Å². The molecule has 0 radical (unpaired) electrons. The molecular formula is C13H15ClO2. The predicted molar refractivity (Wildman–Crippen MR) is 64.1 cm³/mol. The maximum absolute atomic E-state index is 11.0. The van der Waals surface area contributed by atoms with Crippen LogP contribution in [0.1, 0.15) is 25.3 Å². The van der Waals surface area contributed by atoms with Gasteiger partial charge in [0.2, 0.25) is 0 Å². The van der Waals surface area contributed by atoms with E-state index in [4.69, 9.17) is 16.3 Å². The van der Waals surface area contributed by atoms with Gasteiger partial charge in [-0.1, -0.05) is 17.7 Å². The van der Waals surface area contributed by atoms with Crippen molar-refractivity contribution in [2.24, 2.45) is 5.92 Å². The molecule has 86 valence electrons. The molecule has 0 bridgehead atoms. The fourth-order valence-electron chi connectivity index (χ4n) is 1.55. The van der Waals surface area contributed by atoms with Crippen molar-refractivity contribution in [3.05, 3.63) is 28.8 Å². The summed E-state index contributed by atoms with van der Waals surface area (Å²) >= 11 is 6.03. The van der Waals surface area contributed by atoms with E-state index in [2.05, 4.69) is 0 Å². The average Bonchev–Trinajstić information content (AvgIpc) is 3.02. The van der Waals surface area contributed by atoms with Crippen molar-refractivity contribution < 1.29 is 9.53 Å². The van der Waals surface area contributed by atoms with Crippen LogP contribution in [-0.2, 0) is 11.2 Å². The molecule has 2 nitrogen and oxygen atoms in total. The molecule has 0 atom stereocenters. The third kappa shape index (κ3) is 3.24. The minimum absolute atomic E-state index is 0.149. The summed E-state index contributed by atoms with van der Waals surface area (Å²) in [6.45, 7) is 2.32. The lowest BCUT2D eigenvalue weighted by molar-refractivity contribution is -0.116. The van der Waals surface area contributed by atoms with Crippen LogP contribution in [0, 0.1) is 5.92 Å². The lowest BCUT2D eigenvalue weighted by Gasteiger charge is -2.08. The van der Waals surface area contributed by atoms with Crippen LogP contribution in [0.15, 0.2) is 18.2 Å². The molecule has 3 heteroatoms. The number of benzene rings is 1. The molecular weight excluding hydrogens is 224 g/mol. The zero-order valence-electron chi connectivity index (χ0n) is 9.33. The average molecular weight is 239 g/mol. The van der Waals surface area contributed by atoms with Crippen LogP contribution in [0.3, 0.4) is 0 Å². The number of hydrogen-bond donors (Lipinski definition) is 0. The van der Waals surface area contributed by atoms with Crippen LogP contribution in [-0.4, -0.2) is 12.4 Å². The highest BCUT2D eigenvalue weighted by Gasteiger charge is 2.22. The van der Waals surface area contributed by atoms with Crippen LogP contribution in [0.4, 0.5) is 0 Å². The second-order valence-corrected chi connectivity index (χ2v) is 4.81. The second-order valence-electron chi connectivity index (χ2n) is 4.40. The van der Waals surface area contributed by atoms with E-state index in [1.54, 1.807) is 13.0 Å². The Hall–Kier alpha value is -1.02. The largest absolute Gasteiger partial charge is 0.492 e. The molecule has 1 aliphatic carbocycles. The Bertz CT molecular complexity index is 397. The quantitative estimate of drug-likeness (QED) is 0.787. The first-order valence-electron chi connectivity index (χ1n) is 5.56. The summed E-state index contributed by atoms with van der Waals surface area (Å²) in [5, 5.41) is 0.618. The van der Waals surface area contributed by atoms with Gasteiger partial charge in [-0.3, -0.25) is 4.79 Å². The molecule has 0 saturated heterocycles. The van der Waals surface area contributed by atoms with Gasteiger partial charge < -0.3 is 4.74 Å². The molecule has 2 rings (SSSR count). The molecule has 0 aromatic heterocycles. The van der Waals surface area contributed by atoms with Gasteiger partial charge in [-0.2, -0.15) is 0 Å². The number of halogens is 1. The number of carbonyl (C=O) groups excluding carboxylic acids is 1. The molecule has 0 N–H and O–H groups in total. The zero-order chi connectivity index (χ0) is 11.5. The summed E-state index contributed by atoms with van der Waals surface area (Å²) in [5.41, 5.74) is 0.961. The van der Waals surface area contributed by atoms with E-state index in [-0.39, 0.29) is 5.78 Å². The van der Waals surface area contributed by atoms with E-state index in [9.17, 15) is 4.79 Å². The summed E-state index contributed by atoms with van der Waals surface area (Å²) < 4.78 is 5.64. The molecule has 0 unspecified atom stereocenters. The monoisotopic (exact) mass is 238 g/mol. The van der Waals surface area contributed by atoms with Crippen LogP contribution in [0.25, 0.3) is 0 Å². The van der Waals surface area contributed by atoms with Crippen LogP contribution in [0.5, 0.6) is 5.75 Å². The number of rotatable bonds is 5. The molecule has 1 aromatic rings. The topological polar surface area (TPSA) is 26.3 Å². The molecule has 0 spiro atoms. The molecule has 1 aromatic carbocycles. The second kappa shape index (κ2) is 4.88. The Morgan fingerprint density at radius 1 is 1.50 bits per heavy atom. The molecule has 0 aliphatic heterocycles. The van der Waals surface area contributed by atoms with E-state index in [1.807, 2.05) is 12.1 Å². The first kappa shape index (κ1) is 11.5. The first-order chi connectivity index (χ1) is 7.65. The predicted octanol–water partition coefficient (Wildman–Crippen LogP) is 3.26. The minimum Gasteiger partial charge on any atom is -0.492 e. The van der Waals surface area contributed by atoms with Crippen molar-refractivity contribution in [1.29, 1.82) is 0 Å². The number of hydrogen-bond acceptors (Lipinski definition) is 2. The summed E-state index contributed by atoms with van der Waals surface area (Å²) in [6, 6.07) is 5.53. The third-order valence-corrected chi connectivity index (χ3v) is 2.93. The van der Waals surface area contributed by atoms with E-state index >= 15 is 0 Å². The van der Waals surface area contributed by atoms with Crippen molar-refractivity contribution in [3.8, 4) is 5.75 Å². The first-order valence-corrected chi connectivity index (χ1v) is 5.93. The number of carbonyl (C=O) groups is 1. The number of ether oxygens (including phenoxy) is 1. The van der Waals surface area contributed by atoms with Gasteiger partial charge in [0, 0.05) is 6.42 Å². The van der Waals surface area contributed by atoms with Gasteiger partial charge in [-0.25, -0.2) is 0 Å². The highest BCUT2D eigenvalue weighted by Crippen LogP contribution is 2.32. The normalized spacial score (nSPS) is 14.9. The van der Waals surface area contributed by atoms with Crippen molar-refractivity contribution in [3.63, 3.8) is 0 Å². The number of Topliss-reactive ketones (excluding diaryl/α,β-unsaturated/α-hetero) is 1. The third-order valence-electron chi connectivity index (χ3n) is 2.62. The lowest BCUT2D eigenvalue weighted by Crippen LogP contribution is -2.01. The van der Waals surface area contributed by atoms with E-state index in [0.29, 0.717) is 23.1 Å². The maximum atomic E-state index is 11.0. The van der Waals surface area contributed by atoms with Crippen LogP contribution < -0.4 is 4.74 Å². The fourth-order valence-corrected chi connectivity index (χ4v) is 1.72. The van der Waals surface area contributed by atoms with Gasteiger partial charge in [0.15, 0.2) is 0 Å². The van der Waals surface area contributed by atoms with Crippen molar-refractivity contribution in [2.75, 3.05) is 6.61 Å². The Labute approximate surface area is 101 Å². The van der Waals surface area contributed by atoms with Gasteiger partial charge in [-0.05, 0) is 43.4 Å². The van der Waals surface area contributed by atoms with Crippen LogP contribution >= 0.6 is 11.6 Å². The Morgan fingerprint density at radius 3 is 2.88 bits per heavy atom. The Morgan fingerprint density at radius 2 is 2.25 bits per heavy atom. The van der Waals surface area contributed by atoms with Crippen molar-refractivity contribution >= 4 is 17.4 Å². The summed E-state index contributed by atoms with van der Waals surface area (Å²) in [4.78, 5) is 11.0. The Kier molecular flexibility index (Phi) is 3.49. The van der Waals surface area contributed by atoms with Gasteiger partial charge in [0.25, 0.3) is 0 Å². The SMILES string of the molecule is CC(=O)Cc1ccc(Cl)c(OCC2CC2)c1. The standard InChI is InChI=1S/C13H15ClO2/c1-9(15)6-11-4-5-12(14)13(7-11)16-8-10-2-3-10/h4-5,7,10H,2-3,6,8H2,1H3. The highest BCUT2D eigenvalue weighted by atomic mass is 35.5. The highest BCUT2D eigenvalue weighted by molar-refractivity contribution is 6.32. The molecule has 1 saturated carbocycles. The van der Waals surface area contributed by atoms with Gasteiger partial charge in [0.1, 0.15) is 11.5 Å². The molecule has 0 heterocycles.